The van der Waals surface area contributed by atoms with E-state index in [0.717, 1.165) is 5.56 Å². The molecule has 6 nitrogen and oxygen atoms in total. The van der Waals surface area contributed by atoms with Crippen LogP contribution < -0.4 is 15.0 Å². The number of halogens is 1. The largest absolute Gasteiger partial charge is 0.478 e. The molecule has 1 aromatic heterocycles. The third-order valence-corrected chi connectivity index (χ3v) is 4.83. The Morgan fingerprint density at radius 2 is 1.81 bits per heavy atom. The molecule has 0 aliphatic rings. The van der Waals surface area contributed by atoms with Crippen molar-refractivity contribution in [3.63, 3.8) is 0 Å². The van der Waals surface area contributed by atoms with Crippen LogP contribution in [-0.2, 0) is 4.79 Å². The molecule has 3 rings (SSSR count). The normalized spacial score (nSPS) is 12.2. The maximum atomic E-state index is 13.3. The third-order valence-electron chi connectivity index (χ3n) is 4.83. The highest BCUT2D eigenvalue weighted by molar-refractivity contribution is 5.98. The standard InChI is InChI=1S/C24H27FN4O2/c1-5-29(22(30)24(3,4)31-20-13-11-19(25)12-14-20)21-15-16-26-23(28-21)27-17(2)18-9-7-6-8-10-18/h6-17H,5H2,1-4H3,(H,26,27,28)/t17-/m1/s1. The molecule has 0 fully saturated rings. The second kappa shape index (κ2) is 9.55. The molecule has 0 saturated heterocycles. The van der Waals surface area contributed by atoms with Crippen molar-refractivity contribution >= 4 is 17.7 Å². The number of rotatable bonds is 8. The Bertz CT molecular complexity index is 1010. The molecule has 2 aromatic carbocycles. The van der Waals surface area contributed by atoms with Gasteiger partial charge in [0.25, 0.3) is 5.91 Å². The topological polar surface area (TPSA) is 67.4 Å². The van der Waals surface area contributed by atoms with Gasteiger partial charge in [-0.1, -0.05) is 30.3 Å². The third kappa shape index (κ3) is 5.57. The van der Waals surface area contributed by atoms with E-state index in [1.165, 1.54) is 24.3 Å². The molecule has 162 valence electrons. The fraction of sp³-hybridized carbons (Fsp3) is 0.292. The monoisotopic (exact) mass is 422 g/mol. The van der Waals surface area contributed by atoms with Crippen molar-refractivity contribution in [1.29, 1.82) is 0 Å². The Hall–Kier alpha value is -3.48. The molecule has 0 aliphatic heterocycles. The van der Waals surface area contributed by atoms with Crippen molar-refractivity contribution in [3.05, 3.63) is 78.2 Å². The average Bonchev–Trinajstić information content (AvgIpc) is 2.76. The lowest BCUT2D eigenvalue weighted by Gasteiger charge is -2.31. The minimum atomic E-state index is -1.18. The minimum absolute atomic E-state index is 0.000443. The van der Waals surface area contributed by atoms with E-state index in [9.17, 15) is 9.18 Å². The summed E-state index contributed by atoms with van der Waals surface area (Å²) in [5.41, 5.74) is -0.0715. The summed E-state index contributed by atoms with van der Waals surface area (Å²) in [6.45, 7) is 7.65. The fourth-order valence-corrected chi connectivity index (χ4v) is 3.16. The molecule has 0 bridgehead atoms. The van der Waals surface area contributed by atoms with E-state index in [1.807, 2.05) is 44.2 Å². The van der Waals surface area contributed by atoms with Gasteiger partial charge in [0.1, 0.15) is 17.4 Å². The van der Waals surface area contributed by atoms with E-state index < -0.39 is 5.60 Å². The van der Waals surface area contributed by atoms with E-state index in [0.29, 0.717) is 24.1 Å². The van der Waals surface area contributed by atoms with Gasteiger partial charge in [-0.3, -0.25) is 9.69 Å². The van der Waals surface area contributed by atoms with E-state index >= 15 is 0 Å². The van der Waals surface area contributed by atoms with Crippen molar-refractivity contribution in [2.75, 3.05) is 16.8 Å². The summed E-state index contributed by atoms with van der Waals surface area (Å²) in [6, 6.07) is 17.3. The van der Waals surface area contributed by atoms with Gasteiger partial charge in [0.05, 0.1) is 6.04 Å². The predicted octanol–water partition coefficient (Wildman–Crippen LogP) is 5.00. The molecular formula is C24H27FN4O2. The predicted molar refractivity (Wildman–Crippen MR) is 120 cm³/mol. The molecule has 0 radical (unpaired) electrons. The number of carbonyl (C=O) groups excluding carboxylic acids is 1. The zero-order chi connectivity index (χ0) is 22.4. The van der Waals surface area contributed by atoms with Crippen LogP contribution in [0.1, 0.15) is 39.3 Å². The number of aromatic nitrogens is 2. The number of hydrogen-bond donors (Lipinski definition) is 1. The molecule has 1 heterocycles. The Morgan fingerprint density at radius 3 is 2.45 bits per heavy atom. The molecule has 31 heavy (non-hydrogen) atoms. The Balaban J connectivity index is 1.77. The molecule has 0 aliphatic carbocycles. The Morgan fingerprint density at radius 1 is 1.13 bits per heavy atom. The number of likely N-dealkylation sites (N-methyl/N-ethyl adjacent to an activating group) is 1. The summed E-state index contributed by atoms with van der Waals surface area (Å²) in [5, 5.41) is 3.27. The molecule has 0 spiro atoms. The summed E-state index contributed by atoms with van der Waals surface area (Å²) in [5.74, 6) is 0.688. The van der Waals surface area contributed by atoms with Gasteiger partial charge in [-0.05, 0) is 63.6 Å². The first-order valence-corrected chi connectivity index (χ1v) is 10.2. The molecular weight excluding hydrogens is 395 g/mol. The molecule has 3 aromatic rings. The SMILES string of the molecule is CCN(C(=O)C(C)(C)Oc1ccc(F)cc1)c1ccnc(N[C@H](C)c2ccccc2)n1. The van der Waals surface area contributed by atoms with Crippen molar-refractivity contribution in [2.45, 2.75) is 39.3 Å². The van der Waals surface area contributed by atoms with Crippen LogP contribution in [0.25, 0.3) is 0 Å². The maximum absolute atomic E-state index is 13.3. The first-order chi connectivity index (χ1) is 14.8. The van der Waals surface area contributed by atoms with E-state index in [2.05, 4.69) is 15.3 Å². The van der Waals surface area contributed by atoms with Crippen LogP contribution in [0.15, 0.2) is 66.9 Å². The summed E-state index contributed by atoms with van der Waals surface area (Å²) in [4.78, 5) is 23.6. The van der Waals surface area contributed by atoms with Gasteiger partial charge in [0.15, 0.2) is 5.60 Å². The Labute approximate surface area is 182 Å². The number of anilines is 2. The highest BCUT2D eigenvalue weighted by atomic mass is 19.1. The lowest BCUT2D eigenvalue weighted by Crippen LogP contribution is -2.49. The minimum Gasteiger partial charge on any atom is -0.478 e. The van der Waals surface area contributed by atoms with Gasteiger partial charge in [0, 0.05) is 12.7 Å². The number of benzene rings is 2. The summed E-state index contributed by atoms with van der Waals surface area (Å²) in [7, 11) is 0. The van der Waals surface area contributed by atoms with E-state index in [1.54, 1.807) is 31.0 Å². The van der Waals surface area contributed by atoms with Crippen molar-refractivity contribution in [1.82, 2.24) is 9.97 Å². The summed E-state index contributed by atoms with van der Waals surface area (Å²) < 4.78 is 19.0. The maximum Gasteiger partial charge on any atom is 0.271 e. The van der Waals surface area contributed by atoms with Gasteiger partial charge in [-0.15, -0.1) is 0 Å². The quantitative estimate of drug-likeness (QED) is 0.553. The first kappa shape index (κ1) is 22.2. The van der Waals surface area contributed by atoms with Gasteiger partial charge in [-0.2, -0.15) is 4.98 Å². The van der Waals surface area contributed by atoms with Crippen LogP contribution in [0.4, 0.5) is 16.2 Å². The lowest BCUT2D eigenvalue weighted by molar-refractivity contribution is -0.131. The van der Waals surface area contributed by atoms with E-state index in [4.69, 9.17) is 4.74 Å². The number of ether oxygens (including phenoxy) is 1. The molecule has 0 unspecified atom stereocenters. The van der Waals surface area contributed by atoms with Crippen LogP contribution in [0, 0.1) is 5.82 Å². The van der Waals surface area contributed by atoms with Crippen molar-refractivity contribution in [3.8, 4) is 5.75 Å². The Kier molecular flexibility index (Phi) is 6.84. The molecule has 1 amide bonds. The van der Waals surface area contributed by atoms with Crippen molar-refractivity contribution < 1.29 is 13.9 Å². The number of nitrogens with one attached hydrogen (secondary N) is 1. The van der Waals surface area contributed by atoms with Crippen LogP contribution in [-0.4, -0.2) is 28.0 Å². The van der Waals surface area contributed by atoms with Crippen LogP contribution >= 0.6 is 0 Å². The zero-order valence-corrected chi connectivity index (χ0v) is 18.2. The van der Waals surface area contributed by atoms with Gasteiger partial charge < -0.3 is 10.1 Å². The highest BCUT2D eigenvalue weighted by Gasteiger charge is 2.35. The number of nitrogens with zero attached hydrogens (tertiary/aromatic N) is 3. The smallest absolute Gasteiger partial charge is 0.271 e. The second-order valence-corrected chi connectivity index (χ2v) is 7.63. The number of hydrogen-bond acceptors (Lipinski definition) is 5. The van der Waals surface area contributed by atoms with Crippen LogP contribution in [0.5, 0.6) is 5.75 Å². The van der Waals surface area contributed by atoms with E-state index in [-0.39, 0.29) is 17.8 Å². The highest BCUT2D eigenvalue weighted by Crippen LogP contribution is 2.24. The van der Waals surface area contributed by atoms with Crippen LogP contribution in [0.2, 0.25) is 0 Å². The zero-order valence-electron chi connectivity index (χ0n) is 18.2. The summed E-state index contributed by atoms with van der Waals surface area (Å²) in [6.07, 6.45) is 1.62. The number of amides is 1. The van der Waals surface area contributed by atoms with Gasteiger partial charge >= 0.3 is 0 Å². The molecule has 0 saturated carbocycles. The molecule has 1 N–H and O–H groups in total. The molecule has 1 atom stereocenters. The fourth-order valence-electron chi connectivity index (χ4n) is 3.16. The van der Waals surface area contributed by atoms with Gasteiger partial charge in [-0.25, -0.2) is 9.37 Å². The van der Waals surface area contributed by atoms with Crippen LogP contribution in [0.3, 0.4) is 0 Å². The number of carbonyl (C=O) groups is 1. The second-order valence-electron chi connectivity index (χ2n) is 7.63. The first-order valence-electron chi connectivity index (χ1n) is 10.2. The molecule has 7 heteroatoms. The average molecular weight is 423 g/mol. The summed E-state index contributed by atoms with van der Waals surface area (Å²) >= 11 is 0. The van der Waals surface area contributed by atoms with Crippen molar-refractivity contribution in [2.24, 2.45) is 0 Å². The lowest BCUT2D eigenvalue weighted by atomic mass is 10.1. The van der Waals surface area contributed by atoms with Gasteiger partial charge in [0.2, 0.25) is 5.95 Å².